The Morgan fingerprint density at radius 2 is 1.81 bits per heavy atom. The van der Waals surface area contributed by atoms with Crippen molar-refractivity contribution < 1.29 is 4.79 Å². The predicted octanol–water partition coefficient (Wildman–Crippen LogP) is 2.57. The molecule has 1 aromatic carbocycles. The normalized spacial score (nSPS) is 16.2. The Labute approximate surface area is 155 Å². The molecule has 5 heteroatoms. The van der Waals surface area contributed by atoms with Crippen molar-refractivity contribution in [2.45, 2.75) is 34.1 Å². The summed E-state index contributed by atoms with van der Waals surface area (Å²) in [6, 6.07) is 7.71. The quantitative estimate of drug-likeness (QED) is 0.921. The third-order valence-corrected chi connectivity index (χ3v) is 4.87. The Balaban J connectivity index is 1.63. The van der Waals surface area contributed by atoms with Crippen LogP contribution in [0.5, 0.6) is 0 Å². The molecule has 1 aliphatic heterocycles. The van der Waals surface area contributed by atoms with Gasteiger partial charge in [0.05, 0.1) is 6.42 Å². The van der Waals surface area contributed by atoms with Crippen LogP contribution in [0.4, 0.5) is 0 Å². The average Bonchev–Trinajstić information content (AvgIpc) is 2.55. The number of aromatic nitrogens is 1. The second-order valence-corrected chi connectivity index (χ2v) is 8.60. The average molecular weight is 355 g/mol. The lowest BCUT2D eigenvalue weighted by Crippen LogP contribution is -2.50. The molecular formula is C21H29N3O2. The summed E-state index contributed by atoms with van der Waals surface area (Å²) in [5.74, 6) is 0.181. The number of piperazine rings is 1. The van der Waals surface area contributed by atoms with Crippen molar-refractivity contribution in [2.24, 2.45) is 5.41 Å². The zero-order valence-corrected chi connectivity index (χ0v) is 16.3. The smallest absolute Gasteiger partial charge is 0.251 e. The molecule has 26 heavy (non-hydrogen) atoms. The molecule has 0 spiro atoms. The van der Waals surface area contributed by atoms with E-state index in [1.807, 2.05) is 29.2 Å². The van der Waals surface area contributed by atoms with E-state index in [1.54, 1.807) is 6.92 Å². The van der Waals surface area contributed by atoms with Crippen LogP contribution in [-0.4, -0.2) is 53.4 Å². The van der Waals surface area contributed by atoms with E-state index >= 15 is 0 Å². The van der Waals surface area contributed by atoms with E-state index in [0.717, 1.165) is 49.2 Å². The minimum absolute atomic E-state index is 0.0607. The molecule has 0 unspecified atom stereocenters. The fourth-order valence-electron chi connectivity index (χ4n) is 3.59. The lowest BCUT2D eigenvalue weighted by atomic mass is 9.96. The Bertz CT molecular complexity index is 856. The van der Waals surface area contributed by atoms with Gasteiger partial charge in [0.15, 0.2) is 0 Å². The first-order valence-electron chi connectivity index (χ1n) is 9.34. The van der Waals surface area contributed by atoms with Crippen molar-refractivity contribution in [1.82, 2.24) is 14.8 Å². The van der Waals surface area contributed by atoms with Gasteiger partial charge in [0.25, 0.3) is 5.56 Å². The number of rotatable bonds is 3. The van der Waals surface area contributed by atoms with E-state index in [2.05, 4.69) is 30.7 Å². The monoisotopic (exact) mass is 355 g/mol. The van der Waals surface area contributed by atoms with Crippen LogP contribution >= 0.6 is 0 Å². The van der Waals surface area contributed by atoms with Crippen molar-refractivity contribution in [3.63, 3.8) is 0 Å². The van der Waals surface area contributed by atoms with Crippen LogP contribution < -0.4 is 5.56 Å². The largest absolute Gasteiger partial charge is 0.340 e. The molecule has 0 radical (unpaired) electrons. The standard InChI is InChI=1S/C21H29N3O2/c1-15-11-17-12-16(5-6-18(17)22-20(15)26)13-19(25)24-9-7-23(8-10-24)14-21(2,3)4/h5-6,11-12H,7-10,13-14H2,1-4H3,(H,22,26). The number of fused-ring (bicyclic) bond motifs is 1. The second kappa shape index (κ2) is 7.23. The predicted molar refractivity (Wildman–Crippen MR) is 105 cm³/mol. The van der Waals surface area contributed by atoms with Gasteiger partial charge in [-0.25, -0.2) is 0 Å². The van der Waals surface area contributed by atoms with Gasteiger partial charge in [-0.1, -0.05) is 26.8 Å². The lowest BCUT2D eigenvalue weighted by Gasteiger charge is -2.37. The number of hydrogen-bond acceptors (Lipinski definition) is 3. The van der Waals surface area contributed by atoms with Gasteiger partial charge in [0, 0.05) is 43.8 Å². The minimum Gasteiger partial charge on any atom is -0.340 e. The van der Waals surface area contributed by atoms with E-state index in [-0.39, 0.29) is 16.9 Å². The van der Waals surface area contributed by atoms with Crippen molar-refractivity contribution >= 4 is 16.8 Å². The summed E-state index contributed by atoms with van der Waals surface area (Å²) in [5, 5.41) is 0.974. The van der Waals surface area contributed by atoms with Crippen LogP contribution in [0, 0.1) is 12.3 Å². The molecule has 3 rings (SSSR count). The highest BCUT2D eigenvalue weighted by Crippen LogP contribution is 2.18. The Kier molecular flexibility index (Phi) is 5.19. The highest BCUT2D eigenvalue weighted by molar-refractivity contribution is 5.83. The maximum absolute atomic E-state index is 12.7. The first kappa shape index (κ1) is 18.6. The molecule has 5 nitrogen and oxygen atoms in total. The fraction of sp³-hybridized carbons (Fsp3) is 0.524. The molecule has 0 aliphatic carbocycles. The van der Waals surface area contributed by atoms with Gasteiger partial charge in [-0.3, -0.25) is 14.5 Å². The summed E-state index contributed by atoms with van der Waals surface area (Å²) in [5.41, 5.74) is 2.72. The van der Waals surface area contributed by atoms with Crippen LogP contribution in [0.25, 0.3) is 10.9 Å². The molecule has 0 bridgehead atoms. The number of pyridine rings is 1. The van der Waals surface area contributed by atoms with E-state index in [0.29, 0.717) is 12.0 Å². The van der Waals surface area contributed by atoms with Gasteiger partial charge in [0.1, 0.15) is 0 Å². The number of nitrogens with zero attached hydrogens (tertiary/aromatic N) is 2. The summed E-state index contributed by atoms with van der Waals surface area (Å²) in [7, 11) is 0. The van der Waals surface area contributed by atoms with Gasteiger partial charge < -0.3 is 9.88 Å². The van der Waals surface area contributed by atoms with Gasteiger partial charge >= 0.3 is 0 Å². The highest BCUT2D eigenvalue weighted by Gasteiger charge is 2.24. The lowest BCUT2D eigenvalue weighted by molar-refractivity contribution is -0.132. The molecule has 2 aromatic rings. The summed E-state index contributed by atoms with van der Waals surface area (Å²) < 4.78 is 0. The van der Waals surface area contributed by atoms with Crippen molar-refractivity contribution in [1.29, 1.82) is 0 Å². The van der Waals surface area contributed by atoms with Crippen LogP contribution in [0.15, 0.2) is 29.1 Å². The molecule has 1 N–H and O–H groups in total. The summed E-state index contributed by atoms with van der Waals surface area (Å²) in [6.45, 7) is 13.1. The molecule has 0 saturated carbocycles. The van der Waals surface area contributed by atoms with E-state index in [4.69, 9.17) is 0 Å². The molecule has 0 atom stereocenters. The van der Waals surface area contributed by atoms with Crippen molar-refractivity contribution in [2.75, 3.05) is 32.7 Å². The first-order valence-corrected chi connectivity index (χ1v) is 9.34. The summed E-state index contributed by atoms with van der Waals surface area (Å²) in [6.07, 6.45) is 0.410. The molecule has 1 saturated heterocycles. The molecule has 1 aliphatic rings. The van der Waals surface area contributed by atoms with Gasteiger partial charge in [-0.05, 0) is 41.5 Å². The molecule has 2 heterocycles. The minimum atomic E-state index is -0.0607. The Hall–Kier alpha value is -2.14. The van der Waals surface area contributed by atoms with Gasteiger partial charge in [0.2, 0.25) is 5.91 Å². The highest BCUT2D eigenvalue weighted by atomic mass is 16.2. The van der Waals surface area contributed by atoms with Gasteiger partial charge in [-0.15, -0.1) is 0 Å². The number of H-pyrrole nitrogens is 1. The summed E-state index contributed by atoms with van der Waals surface area (Å²) >= 11 is 0. The SMILES string of the molecule is Cc1cc2cc(CC(=O)N3CCN(CC(C)(C)C)CC3)ccc2[nH]c1=O. The zero-order valence-electron chi connectivity index (χ0n) is 16.3. The Morgan fingerprint density at radius 3 is 2.46 bits per heavy atom. The number of aromatic amines is 1. The maximum Gasteiger partial charge on any atom is 0.251 e. The van der Waals surface area contributed by atoms with Crippen LogP contribution in [0.1, 0.15) is 31.9 Å². The number of benzene rings is 1. The van der Waals surface area contributed by atoms with E-state index < -0.39 is 0 Å². The fourth-order valence-corrected chi connectivity index (χ4v) is 3.59. The number of carbonyl (C=O) groups is 1. The Morgan fingerprint density at radius 1 is 1.12 bits per heavy atom. The van der Waals surface area contributed by atoms with Gasteiger partial charge in [-0.2, -0.15) is 0 Å². The molecular weight excluding hydrogens is 326 g/mol. The first-order chi connectivity index (χ1) is 12.2. The van der Waals surface area contributed by atoms with Crippen molar-refractivity contribution in [3.05, 3.63) is 45.7 Å². The number of hydrogen-bond donors (Lipinski definition) is 1. The van der Waals surface area contributed by atoms with Crippen molar-refractivity contribution in [3.8, 4) is 0 Å². The van der Waals surface area contributed by atoms with E-state index in [1.165, 1.54) is 0 Å². The third kappa shape index (κ3) is 4.52. The summed E-state index contributed by atoms with van der Waals surface area (Å²) in [4.78, 5) is 31.6. The number of amides is 1. The second-order valence-electron chi connectivity index (χ2n) is 8.60. The van der Waals surface area contributed by atoms with Crippen LogP contribution in [-0.2, 0) is 11.2 Å². The molecule has 1 fully saturated rings. The molecule has 1 amide bonds. The van der Waals surface area contributed by atoms with E-state index in [9.17, 15) is 9.59 Å². The third-order valence-electron chi connectivity index (χ3n) is 4.87. The zero-order chi connectivity index (χ0) is 18.9. The number of nitrogens with one attached hydrogen (secondary N) is 1. The number of carbonyl (C=O) groups excluding carboxylic acids is 1. The van der Waals surface area contributed by atoms with Crippen LogP contribution in [0.3, 0.4) is 0 Å². The number of aryl methyl sites for hydroxylation is 1. The molecule has 140 valence electrons. The molecule has 1 aromatic heterocycles. The topological polar surface area (TPSA) is 56.4 Å². The van der Waals surface area contributed by atoms with Crippen LogP contribution in [0.2, 0.25) is 0 Å². The maximum atomic E-state index is 12.7.